The summed E-state index contributed by atoms with van der Waals surface area (Å²) in [5, 5.41) is 2.50. The molecule has 0 bridgehead atoms. The van der Waals surface area contributed by atoms with E-state index in [4.69, 9.17) is 9.15 Å². The van der Waals surface area contributed by atoms with Crippen molar-refractivity contribution in [3.8, 4) is 11.3 Å². The zero-order valence-corrected chi connectivity index (χ0v) is 15.9. The summed E-state index contributed by atoms with van der Waals surface area (Å²) in [5.74, 6) is -2.29. The van der Waals surface area contributed by atoms with Crippen molar-refractivity contribution in [3.63, 3.8) is 0 Å². The number of amides is 1. The molecule has 2 aromatic rings. The molecule has 1 aromatic heterocycles. The number of carbonyl (C=O) groups is 3. The fourth-order valence-electron chi connectivity index (χ4n) is 2.43. The smallest absolute Gasteiger partial charge is 0.374 e. The number of methoxy groups -OCH3 is 1. The van der Waals surface area contributed by atoms with Crippen LogP contribution in [-0.4, -0.2) is 37.6 Å². The van der Waals surface area contributed by atoms with E-state index in [2.05, 4.69) is 10.1 Å². The Hall–Kier alpha value is -3.16. The lowest BCUT2D eigenvalue weighted by atomic mass is 9.99. The van der Waals surface area contributed by atoms with Gasteiger partial charge in [0.2, 0.25) is 5.76 Å². The molecule has 28 heavy (non-hydrogen) atoms. The van der Waals surface area contributed by atoms with Gasteiger partial charge in [-0.3, -0.25) is 4.79 Å². The molecule has 1 heterocycles. The predicted molar refractivity (Wildman–Crippen MR) is 97.8 cm³/mol. The first-order valence-electron chi connectivity index (χ1n) is 8.75. The number of hydrogen-bond acceptors (Lipinski definition) is 6. The first-order chi connectivity index (χ1) is 13.3. The van der Waals surface area contributed by atoms with E-state index >= 15 is 0 Å². The number of esters is 2. The molecule has 0 aliphatic heterocycles. The average molecular weight is 391 g/mol. The van der Waals surface area contributed by atoms with Crippen LogP contribution < -0.4 is 5.32 Å². The molecular formula is C20H22FNO6. The van der Waals surface area contributed by atoms with Gasteiger partial charge in [0.25, 0.3) is 5.91 Å². The second-order valence-corrected chi connectivity index (χ2v) is 6.20. The molecule has 1 N–H and O–H groups in total. The molecule has 1 amide bonds. The molecule has 0 saturated carbocycles. The lowest BCUT2D eigenvalue weighted by molar-refractivity contribution is -0.147. The van der Waals surface area contributed by atoms with E-state index in [0.29, 0.717) is 17.7 Å². The van der Waals surface area contributed by atoms with Gasteiger partial charge in [0.1, 0.15) is 17.6 Å². The number of ether oxygens (including phenoxy) is 2. The van der Waals surface area contributed by atoms with Gasteiger partial charge < -0.3 is 19.2 Å². The van der Waals surface area contributed by atoms with Gasteiger partial charge >= 0.3 is 11.9 Å². The molecule has 0 spiro atoms. The van der Waals surface area contributed by atoms with Crippen molar-refractivity contribution in [2.24, 2.45) is 5.92 Å². The minimum atomic E-state index is -0.832. The van der Waals surface area contributed by atoms with Crippen LogP contribution in [0.15, 0.2) is 40.8 Å². The van der Waals surface area contributed by atoms with Crippen LogP contribution in [0, 0.1) is 11.7 Å². The number of furan rings is 1. The maximum atomic E-state index is 13.0. The van der Waals surface area contributed by atoms with Crippen molar-refractivity contribution in [2.45, 2.75) is 26.3 Å². The molecule has 0 aliphatic rings. The number of nitrogens with one attached hydrogen (secondary N) is 1. The summed E-state index contributed by atoms with van der Waals surface area (Å²) < 4.78 is 28.0. The normalized spacial score (nSPS) is 12.7. The molecule has 0 saturated heterocycles. The van der Waals surface area contributed by atoms with Gasteiger partial charge in [0, 0.05) is 5.56 Å². The fourth-order valence-corrected chi connectivity index (χ4v) is 2.43. The van der Waals surface area contributed by atoms with E-state index in [1.165, 1.54) is 37.4 Å². The highest BCUT2D eigenvalue weighted by molar-refractivity contribution is 5.90. The number of hydrogen-bond donors (Lipinski definition) is 1. The van der Waals surface area contributed by atoms with E-state index < -0.39 is 30.5 Å². The molecule has 8 heteroatoms. The zero-order valence-electron chi connectivity index (χ0n) is 15.9. The van der Waals surface area contributed by atoms with Crippen LogP contribution in [0.2, 0.25) is 0 Å². The Kier molecular flexibility index (Phi) is 7.31. The molecule has 0 aliphatic carbocycles. The van der Waals surface area contributed by atoms with E-state index in [-0.39, 0.29) is 17.5 Å². The largest absolute Gasteiger partial charge is 0.467 e. The highest BCUT2D eigenvalue weighted by atomic mass is 19.1. The molecule has 2 rings (SSSR count). The lowest BCUT2D eigenvalue weighted by Crippen LogP contribution is -2.47. The van der Waals surface area contributed by atoms with Crippen molar-refractivity contribution in [1.82, 2.24) is 5.32 Å². The zero-order chi connectivity index (χ0) is 20.7. The molecule has 0 radical (unpaired) electrons. The monoisotopic (exact) mass is 391 g/mol. The number of halogens is 1. The second-order valence-electron chi connectivity index (χ2n) is 6.20. The molecule has 0 fully saturated rings. The van der Waals surface area contributed by atoms with Crippen LogP contribution in [0.1, 0.15) is 30.8 Å². The average Bonchev–Trinajstić information content (AvgIpc) is 3.19. The Morgan fingerprint density at radius 1 is 1.14 bits per heavy atom. The lowest BCUT2D eigenvalue weighted by Gasteiger charge is -2.21. The predicted octanol–water partition coefficient (Wildman–Crippen LogP) is 2.95. The van der Waals surface area contributed by atoms with Crippen molar-refractivity contribution < 1.29 is 32.7 Å². The van der Waals surface area contributed by atoms with Gasteiger partial charge in [-0.25, -0.2) is 14.0 Å². The minimum absolute atomic E-state index is 0.0985. The molecule has 2 unspecified atom stereocenters. The van der Waals surface area contributed by atoms with Crippen LogP contribution in [-0.2, 0) is 19.1 Å². The van der Waals surface area contributed by atoms with Gasteiger partial charge in [0.05, 0.1) is 7.11 Å². The van der Waals surface area contributed by atoms with Gasteiger partial charge in [-0.05, 0) is 42.3 Å². The molecular weight excluding hydrogens is 369 g/mol. The summed E-state index contributed by atoms with van der Waals surface area (Å²) >= 11 is 0. The summed E-state index contributed by atoms with van der Waals surface area (Å²) in [6.07, 6.45) is 0.651. The van der Waals surface area contributed by atoms with Crippen LogP contribution in [0.25, 0.3) is 11.3 Å². The van der Waals surface area contributed by atoms with Gasteiger partial charge in [-0.1, -0.05) is 20.3 Å². The first kappa shape index (κ1) is 21.1. The van der Waals surface area contributed by atoms with E-state index in [1.54, 1.807) is 13.0 Å². The Balaban J connectivity index is 1.93. The molecule has 1 aromatic carbocycles. The Morgan fingerprint density at radius 3 is 2.43 bits per heavy atom. The Labute approximate surface area is 161 Å². The Bertz CT molecular complexity index is 829. The van der Waals surface area contributed by atoms with Crippen molar-refractivity contribution in [2.75, 3.05) is 13.7 Å². The second kappa shape index (κ2) is 9.68. The quantitative estimate of drug-likeness (QED) is 0.695. The topological polar surface area (TPSA) is 94.8 Å². The van der Waals surface area contributed by atoms with Gasteiger partial charge in [0.15, 0.2) is 6.61 Å². The summed E-state index contributed by atoms with van der Waals surface area (Å²) in [6.45, 7) is 3.10. The number of rotatable bonds is 8. The maximum absolute atomic E-state index is 13.0. The summed E-state index contributed by atoms with van der Waals surface area (Å²) in [5.41, 5.74) is 0.590. The number of carbonyl (C=O) groups excluding carboxylic acids is 3. The molecule has 150 valence electrons. The third-order valence-electron chi connectivity index (χ3n) is 4.25. The minimum Gasteiger partial charge on any atom is -0.467 e. The highest BCUT2D eigenvalue weighted by Crippen LogP contribution is 2.22. The van der Waals surface area contributed by atoms with Gasteiger partial charge in [-0.15, -0.1) is 0 Å². The Morgan fingerprint density at radius 2 is 1.82 bits per heavy atom. The van der Waals surface area contributed by atoms with E-state index in [1.807, 2.05) is 6.92 Å². The molecule has 2 atom stereocenters. The summed E-state index contributed by atoms with van der Waals surface area (Å²) in [6, 6.07) is 7.69. The van der Waals surface area contributed by atoms with E-state index in [9.17, 15) is 18.8 Å². The third-order valence-corrected chi connectivity index (χ3v) is 4.25. The van der Waals surface area contributed by atoms with Crippen LogP contribution in [0.3, 0.4) is 0 Å². The highest BCUT2D eigenvalue weighted by Gasteiger charge is 2.27. The first-order valence-corrected chi connectivity index (χ1v) is 8.75. The standard InChI is InChI=1S/C20H22FNO6/c1-4-12(2)18(20(25)26-3)22-17(23)11-27-19(24)16-10-9-15(28-16)13-5-7-14(21)8-6-13/h5-10,12,18H,4,11H2,1-3H3,(H,22,23). The summed E-state index contributed by atoms with van der Waals surface area (Å²) in [4.78, 5) is 35.9. The fraction of sp³-hybridized carbons (Fsp3) is 0.350. The van der Waals surface area contributed by atoms with Crippen LogP contribution in [0.4, 0.5) is 4.39 Å². The summed E-state index contributed by atoms with van der Waals surface area (Å²) in [7, 11) is 1.24. The SMILES string of the molecule is CCC(C)C(NC(=O)COC(=O)c1ccc(-c2ccc(F)cc2)o1)C(=O)OC. The third kappa shape index (κ3) is 5.42. The maximum Gasteiger partial charge on any atom is 0.374 e. The number of benzene rings is 1. The van der Waals surface area contributed by atoms with E-state index in [0.717, 1.165) is 0 Å². The molecule has 7 nitrogen and oxygen atoms in total. The van der Waals surface area contributed by atoms with Crippen molar-refractivity contribution in [3.05, 3.63) is 48.0 Å². The van der Waals surface area contributed by atoms with Crippen LogP contribution in [0.5, 0.6) is 0 Å². The van der Waals surface area contributed by atoms with Crippen molar-refractivity contribution >= 4 is 17.8 Å². The van der Waals surface area contributed by atoms with Crippen molar-refractivity contribution in [1.29, 1.82) is 0 Å². The van der Waals surface area contributed by atoms with Gasteiger partial charge in [-0.2, -0.15) is 0 Å². The van der Waals surface area contributed by atoms with Crippen LogP contribution >= 0.6 is 0 Å².